The van der Waals surface area contributed by atoms with Crippen LogP contribution in [0, 0.1) is 17.0 Å². The van der Waals surface area contributed by atoms with E-state index in [1.165, 1.54) is 10.9 Å². The van der Waals surface area contributed by atoms with Crippen LogP contribution in [0.3, 0.4) is 0 Å². The molecule has 0 saturated heterocycles. The highest BCUT2D eigenvalue weighted by Gasteiger charge is 2.23. The van der Waals surface area contributed by atoms with E-state index in [0.717, 1.165) is 13.0 Å². The molecule has 8 heteroatoms. The van der Waals surface area contributed by atoms with E-state index in [1.807, 2.05) is 19.0 Å². The standard InChI is InChI=1S/C12H21N5O3/c1-9-11(17(19)20)8-14-16(9)10(2)12(18)13-6-5-7-15(3)4/h8,10H,5-7H2,1-4H3,(H,13,18). The second-order valence-corrected chi connectivity index (χ2v) is 4.94. The van der Waals surface area contributed by atoms with E-state index in [4.69, 9.17) is 0 Å². The van der Waals surface area contributed by atoms with Crippen LogP contribution in [0.4, 0.5) is 5.69 Å². The SMILES string of the molecule is Cc1c([N+](=O)[O-])cnn1C(C)C(=O)NCCCN(C)C. The maximum Gasteiger partial charge on any atom is 0.309 e. The van der Waals surface area contributed by atoms with Crippen molar-refractivity contribution in [2.45, 2.75) is 26.3 Å². The minimum Gasteiger partial charge on any atom is -0.354 e. The Kier molecular flexibility index (Phi) is 5.63. The lowest BCUT2D eigenvalue weighted by Crippen LogP contribution is -2.33. The highest BCUT2D eigenvalue weighted by molar-refractivity contribution is 5.79. The van der Waals surface area contributed by atoms with Gasteiger partial charge >= 0.3 is 5.69 Å². The molecule has 1 atom stereocenters. The Morgan fingerprint density at radius 1 is 1.60 bits per heavy atom. The monoisotopic (exact) mass is 283 g/mol. The van der Waals surface area contributed by atoms with Gasteiger partial charge in [-0.1, -0.05) is 0 Å². The van der Waals surface area contributed by atoms with Crippen molar-refractivity contribution in [3.8, 4) is 0 Å². The van der Waals surface area contributed by atoms with Gasteiger partial charge in [-0.15, -0.1) is 0 Å². The summed E-state index contributed by atoms with van der Waals surface area (Å²) in [4.78, 5) is 24.3. The first-order valence-corrected chi connectivity index (χ1v) is 6.45. The zero-order valence-corrected chi connectivity index (χ0v) is 12.3. The van der Waals surface area contributed by atoms with Gasteiger partial charge in [0, 0.05) is 6.54 Å². The highest BCUT2D eigenvalue weighted by Crippen LogP contribution is 2.19. The summed E-state index contributed by atoms with van der Waals surface area (Å²) in [5.74, 6) is -0.190. The third-order valence-corrected chi connectivity index (χ3v) is 3.04. The zero-order valence-electron chi connectivity index (χ0n) is 12.3. The molecule has 0 aromatic carbocycles. The van der Waals surface area contributed by atoms with Crippen LogP contribution in [0.1, 0.15) is 25.1 Å². The van der Waals surface area contributed by atoms with Crippen molar-refractivity contribution in [2.24, 2.45) is 0 Å². The summed E-state index contributed by atoms with van der Waals surface area (Å²) in [5, 5.41) is 17.5. The number of aromatic nitrogens is 2. The van der Waals surface area contributed by atoms with Crippen molar-refractivity contribution in [3.05, 3.63) is 22.0 Å². The smallest absolute Gasteiger partial charge is 0.309 e. The van der Waals surface area contributed by atoms with Gasteiger partial charge in [0.15, 0.2) is 0 Å². The molecule has 0 saturated carbocycles. The lowest BCUT2D eigenvalue weighted by Gasteiger charge is -2.15. The highest BCUT2D eigenvalue weighted by atomic mass is 16.6. The number of carbonyl (C=O) groups is 1. The topological polar surface area (TPSA) is 93.3 Å². The predicted octanol–water partition coefficient (Wildman–Crippen LogP) is 0.729. The summed E-state index contributed by atoms with van der Waals surface area (Å²) in [6.07, 6.45) is 2.02. The summed E-state index contributed by atoms with van der Waals surface area (Å²) in [6.45, 7) is 4.72. The molecule has 1 amide bonds. The van der Waals surface area contributed by atoms with E-state index in [-0.39, 0.29) is 11.6 Å². The number of nitrogens with zero attached hydrogens (tertiary/aromatic N) is 4. The summed E-state index contributed by atoms with van der Waals surface area (Å²) in [5.41, 5.74) is 0.309. The minimum absolute atomic E-state index is 0.0720. The quantitative estimate of drug-likeness (QED) is 0.452. The average molecular weight is 283 g/mol. The molecule has 1 N–H and O–H groups in total. The molecule has 0 aliphatic rings. The van der Waals surface area contributed by atoms with Gasteiger partial charge in [-0.05, 0) is 40.9 Å². The van der Waals surface area contributed by atoms with Crippen LogP contribution in [0.25, 0.3) is 0 Å². The largest absolute Gasteiger partial charge is 0.354 e. The van der Waals surface area contributed by atoms with Crippen molar-refractivity contribution in [1.29, 1.82) is 0 Å². The van der Waals surface area contributed by atoms with Gasteiger partial charge in [-0.2, -0.15) is 5.10 Å². The van der Waals surface area contributed by atoms with Crippen LogP contribution in [-0.2, 0) is 4.79 Å². The molecular weight excluding hydrogens is 262 g/mol. The molecule has 0 aliphatic carbocycles. The molecule has 20 heavy (non-hydrogen) atoms. The molecule has 0 spiro atoms. The van der Waals surface area contributed by atoms with Crippen molar-refractivity contribution < 1.29 is 9.72 Å². The Morgan fingerprint density at radius 3 is 2.75 bits per heavy atom. The summed E-state index contributed by atoms with van der Waals surface area (Å²) in [6, 6.07) is -0.567. The number of carbonyl (C=O) groups excluding carboxylic acids is 1. The second kappa shape index (κ2) is 6.99. The Labute approximate surface area is 117 Å². The number of nitro groups is 1. The van der Waals surface area contributed by atoms with Crippen LogP contribution in [0.2, 0.25) is 0 Å². The van der Waals surface area contributed by atoms with Gasteiger partial charge in [0.1, 0.15) is 17.9 Å². The third kappa shape index (κ3) is 4.02. The molecule has 0 aliphatic heterocycles. The lowest BCUT2D eigenvalue weighted by atomic mass is 10.3. The molecule has 0 fully saturated rings. The van der Waals surface area contributed by atoms with Gasteiger partial charge in [0.2, 0.25) is 5.91 Å². The maximum atomic E-state index is 12.0. The van der Waals surface area contributed by atoms with Crippen LogP contribution in [0.5, 0.6) is 0 Å². The zero-order chi connectivity index (χ0) is 15.3. The molecule has 1 rings (SSSR count). The van der Waals surface area contributed by atoms with Crippen LogP contribution >= 0.6 is 0 Å². The molecule has 1 heterocycles. The lowest BCUT2D eigenvalue weighted by molar-refractivity contribution is -0.385. The van der Waals surface area contributed by atoms with Gasteiger partial charge in [-0.25, -0.2) is 0 Å². The van der Waals surface area contributed by atoms with E-state index < -0.39 is 11.0 Å². The van der Waals surface area contributed by atoms with Crippen LogP contribution in [0.15, 0.2) is 6.20 Å². The Morgan fingerprint density at radius 2 is 2.25 bits per heavy atom. The second-order valence-electron chi connectivity index (χ2n) is 4.94. The normalized spacial score (nSPS) is 12.4. The summed E-state index contributed by atoms with van der Waals surface area (Å²) < 4.78 is 1.37. The Hall–Kier alpha value is -1.96. The fraction of sp³-hybridized carbons (Fsp3) is 0.667. The predicted molar refractivity (Wildman–Crippen MR) is 74.5 cm³/mol. The molecule has 1 unspecified atom stereocenters. The Balaban J connectivity index is 2.59. The number of hydrogen-bond donors (Lipinski definition) is 1. The van der Waals surface area contributed by atoms with Crippen molar-refractivity contribution in [1.82, 2.24) is 20.0 Å². The molecule has 1 aromatic rings. The first-order valence-electron chi connectivity index (χ1n) is 6.45. The molecule has 8 nitrogen and oxygen atoms in total. The van der Waals surface area contributed by atoms with E-state index >= 15 is 0 Å². The number of nitrogens with one attached hydrogen (secondary N) is 1. The maximum absolute atomic E-state index is 12.0. The summed E-state index contributed by atoms with van der Waals surface area (Å²) in [7, 11) is 3.94. The molecular formula is C12H21N5O3. The average Bonchev–Trinajstić information content (AvgIpc) is 2.75. The fourth-order valence-electron chi connectivity index (χ4n) is 1.85. The molecule has 1 aromatic heterocycles. The fourth-order valence-corrected chi connectivity index (χ4v) is 1.85. The van der Waals surface area contributed by atoms with Gasteiger partial charge in [0.25, 0.3) is 0 Å². The minimum atomic E-state index is -0.567. The van der Waals surface area contributed by atoms with E-state index in [0.29, 0.717) is 12.2 Å². The number of amides is 1. The van der Waals surface area contributed by atoms with E-state index in [2.05, 4.69) is 10.4 Å². The molecule has 0 radical (unpaired) electrons. The van der Waals surface area contributed by atoms with E-state index in [9.17, 15) is 14.9 Å². The van der Waals surface area contributed by atoms with Crippen molar-refractivity contribution in [3.63, 3.8) is 0 Å². The van der Waals surface area contributed by atoms with E-state index in [1.54, 1.807) is 13.8 Å². The van der Waals surface area contributed by atoms with Gasteiger partial charge in [0.05, 0.1) is 4.92 Å². The molecule has 112 valence electrons. The van der Waals surface area contributed by atoms with Crippen LogP contribution in [-0.4, -0.2) is 52.7 Å². The first-order chi connectivity index (χ1) is 9.34. The number of rotatable bonds is 7. The van der Waals surface area contributed by atoms with Gasteiger partial charge in [-0.3, -0.25) is 19.6 Å². The molecule has 0 bridgehead atoms. The number of hydrogen-bond acceptors (Lipinski definition) is 5. The van der Waals surface area contributed by atoms with Crippen molar-refractivity contribution >= 4 is 11.6 Å². The third-order valence-electron chi connectivity index (χ3n) is 3.04. The first kappa shape index (κ1) is 16.1. The van der Waals surface area contributed by atoms with Crippen LogP contribution < -0.4 is 5.32 Å². The van der Waals surface area contributed by atoms with Gasteiger partial charge < -0.3 is 10.2 Å². The van der Waals surface area contributed by atoms with Crippen molar-refractivity contribution in [2.75, 3.05) is 27.2 Å². The summed E-state index contributed by atoms with van der Waals surface area (Å²) >= 11 is 0. The Bertz CT molecular complexity index is 483.